The number of rotatable bonds is 1. The maximum Gasteiger partial charge on any atom is 0.126 e. The van der Waals surface area contributed by atoms with Crippen molar-refractivity contribution in [3.05, 3.63) is 35.6 Å². The third-order valence-corrected chi connectivity index (χ3v) is 3.96. The molecule has 0 spiro atoms. The van der Waals surface area contributed by atoms with Gasteiger partial charge in [-0.2, -0.15) is 0 Å². The van der Waals surface area contributed by atoms with E-state index in [0.29, 0.717) is 4.83 Å². The highest BCUT2D eigenvalue weighted by Gasteiger charge is 2.50. The lowest BCUT2D eigenvalue weighted by atomic mass is 9.98. The summed E-state index contributed by atoms with van der Waals surface area (Å²) < 4.78 is 13.3. The second kappa shape index (κ2) is 2.56. The van der Waals surface area contributed by atoms with Crippen LogP contribution in [-0.2, 0) is 5.41 Å². The highest BCUT2D eigenvalue weighted by Crippen LogP contribution is 2.53. The Bertz CT molecular complexity index is 310. The van der Waals surface area contributed by atoms with Gasteiger partial charge in [0.25, 0.3) is 0 Å². The SMILES string of the molecule is CC1(c2ccccc2F)CC1Br. The molecule has 12 heavy (non-hydrogen) atoms. The van der Waals surface area contributed by atoms with Crippen molar-refractivity contribution in [2.24, 2.45) is 0 Å². The van der Waals surface area contributed by atoms with Crippen LogP contribution in [0.15, 0.2) is 24.3 Å². The van der Waals surface area contributed by atoms with Crippen LogP contribution in [0.2, 0.25) is 0 Å². The Labute approximate surface area is 79.9 Å². The van der Waals surface area contributed by atoms with Crippen LogP contribution in [0.5, 0.6) is 0 Å². The van der Waals surface area contributed by atoms with E-state index in [1.807, 2.05) is 12.1 Å². The Morgan fingerprint density at radius 1 is 1.50 bits per heavy atom. The van der Waals surface area contributed by atoms with Crippen LogP contribution in [0, 0.1) is 5.82 Å². The third-order valence-electron chi connectivity index (χ3n) is 2.62. The minimum atomic E-state index is -0.0815. The van der Waals surface area contributed by atoms with Crippen molar-refractivity contribution in [3.8, 4) is 0 Å². The maximum absolute atomic E-state index is 13.3. The summed E-state index contributed by atoms with van der Waals surface area (Å²) in [6.07, 6.45) is 1.04. The van der Waals surface area contributed by atoms with Crippen LogP contribution in [0.25, 0.3) is 0 Å². The summed E-state index contributed by atoms with van der Waals surface area (Å²) in [4.78, 5) is 0.446. The Hall–Kier alpha value is -0.370. The van der Waals surface area contributed by atoms with E-state index in [1.54, 1.807) is 6.07 Å². The quantitative estimate of drug-likeness (QED) is 0.648. The lowest BCUT2D eigenvalue weighted by molar-refractivity contribution is 0.587. The van der Waals surface area contributed by atoms with Gasteiger partial charge in [-0.25, -0.2) is 4.39 Å². The van der Waals surface area contributed by atoms with Gasteiger partial charge in [-0.05, 0) is 18.1 Å². The molecule has 2 atom stereocenters. The highest BCUT2D eigenvalue weighted by molar-refractivity contribution is 9.09. The summed E-state index contributed by atoms with van der Waals surface area (Å²) in [7, 11) is 0. The summed E-state index contributed by atoms with van der Waals surface area (Å²) in [6, 6.07) is 7.02. The monoisotopic (exact) mass is 228 g/mol. The molecule has 0 saturated heterocycles. The number of hydrogen-bond acceptors (Lipinski definition) is 0. The first-order valence-electron chi connectivity index (χ1n) is 4.04. The molecule has 0 N–H and O–H groups in total. The number of alkyl halides is 1. The zero-order valence-corrected chi connectivity index (χ0v) is 8.44. The average molecular weight is 229 g/mol. The molecule has 0 heterocycles. The van der Waals surface area contributed by atoms with E-state index in [4.69, 9.17) is 0 Å². The fourth-order valence-corrected chi connectivity index (χ4v) is 2.44. The number of benzene rings is 1. The van der Waals surface area contributed by atoms with Gasteiger partial charge in [-0.1, -0.05) is 41.1 Å². The predicted molar refractivity (Wildman–Crippen MR) is 51.1 cm³/mol. The van der Waals surface area contributed by atoms with E-state index in [1.165, 1.54) is 6.07 Å². The fraction of sp³-hybridized carbons (Fsp3) is 0.400. The van der Waals surface area contributed by atoms with Crippen LogP contribution < -0.4 is 0 Å². The van der Waals surface area contributed by atoms with Crippen LogP contribution in [-0.4, -0.2) is 4.83 Å². The van der Waals surface area contributed by atoms with Crippen LogP contribution in [0.1, 0.15) is 18.9 Å². The highest BCUT2D eigenvalue weighted by atomic mass is 79.9. The predicted octanol–water partition coefficient (Wildman–Crippen LogP) is 3.25. The maximum atomic E-state index is 13.3. The third kappa shape index (κ3) is 1.09. The molecule has 1 aliphatic carbocycles. The van der Waals surface area contributed by atoms with Gasteiger partial charge in [0.1, 0.15) is 5.82 Å². The van der Waals surface area contributed by atoms with E-state index in [9.17, 15) is 4.39 Å². The summed E-state index contributed by atoms with van der Waals surface area (Å²) in [5.41, 5.74) is 0.873. The molecular weight excluding hydrogens is 219 g/mol. The lowest BCUT2D eigenvalue weighted by Gasteiger charge is -2.09. The first kappa shape index (κ1) is 8.24. The van der Waals surface area contributed by atoms with E-state index in [-0.39, 0.29) is 11.2 Å². The molecule has 1 aromatic carbocycles. The van der Waals surface area contributed by atoms with Crippen LogP contribution in [0.3, 0.4) is 0 Å². The van der Waals surface area contributed by atoms with E-state index < -0.39 is 0 Å². The molecular formula is C10H10BrF. The van der Waals surface area contributed by atoms with E-state index >= 15 is 0 Å². The summed E-state index contributed by atoms with van der Waals surface area (Å²) in [6.45, 7) is 2.09. The molecule has 0 aromatic heterocycles. The Morgan fingerprint density at radius 2 is 2.08 bits per heavy atom. The van der Waals surface area contributed by atoms with Gasteiger partial charge in [-0.3, -0.25) is 0 Å². The molecule has 1 aliphatic rings. The summed E-state index contributed by atoms with van der Waals surface area (Å²) >= 11 is 3.51. The number of hydrogen-bond donors (Lipinski definition) is 0. The molecule has 0 radical (unpaired) electrons. The van der Waals surface area contributed by atoms with E-state index in [0.717, 1.165) is 12.0 Å². The Balaban J connectivity index is 2.41. The van der Waals surface area contributed by atoms with Crippen molar-refractivity contribution in [2.75, 3.05) is 0 Å². The molecule has 2 unspecified atom stereocenters. The zero-order chi connectivity index (χ0) is 8.77. The summed E-state index contributed by atoms with van der Waals surface area (Å²) in [5, 5.41) is 0. The zero-order valence-electron chi connectivity index (χ0n) is 6.85. The first-order chi connectivity index (χ1) is 5.64. The second-order valence-corrected chi connectivity index (χ2v) is 4.67. The Morgan fingerprint density at radius 3 is 2.58 bits per heavy atom. The number of halogens is 2. The minimum absolute atomic E-state index is 0.0331. The normalized spacial score (nSPS) is 33.4. The summed E-state index contributed by atoms with van der Waals surface area (Å²) in [5.74, 6) is -0.0815. The minimum Gasteiger partial charge on any atom is -0.207 e. The van der Waals surface area contributed by atoms with Gasteiger partial charge >= 0.3 is 0 Å². The standard InChI is InChI=1S/C10H10BrF/c1-10(6-9(10)11)7-4-2-3-5-8(7)12/h2-5,9H,6H2,1H3. The molecule has 0 nitrogen and oxygen atoms in total. The van der Waals surface area contributed by atoms with Crippen molar-refractivity contribution >= 4 is 15.9 Å². The van der Waals surface area contributed by atoms with Gasteiger partial charge in [0.2, 0.25) is 0 Å². The Kier molecular flexibility index (Phi) is 1.76. The van der Waals surface area contributed by atoms with Crippen molar-refractivity contribution in [1.82, 2.24) is 0 Å². The average Bonchev–Trinajstić information content (AvgIpc) is 2.61. The topological polar surface area (TPSA) is 0 Å². The molecule has 1 saturated carbocycles. The van der Waals surface area contributed by atoms with Gasteiger partial charge < -0.3 is 0 Å². The molecule has 1 aromatic rings. The van der Waals surface area contributed by atoms with Crippen LogP contribution >= 0.6 is 15.9 Å². The molecule has 64 valence electrons. The van der Waals surface area contributed by atoms with E-state index in [2.05, 4.69) is 22.9 Å². The molecule has 0 bridgehead atoms. The van der Waals surface area contributed by atoms with Crippen molar-refractivity contribution in [2.45, 2.75) is 23.6 Å². The van der Waals surface area contributed by atoms with Crippen molar-refractivity contribution in [3.63, 3.8) is 0 Å². The van der Waals surface area contributed by atoms with Gasteiger partial charge in [-0.15, -0.1) is 0 Å². The molecule has 0 aliphatic heterocycles. The van der Waals surface area contributed by atoms with Crippen molar-refractivity contribution < 1.29 is 4.39 Å². The largest absolute Gasteiger partial charge is 0.207 e. The molecule has 2 rings (SSSR count). The first-order valence-corrected chi connectivity index (χ1v) is 4.95. The van der Waals surface area contributed by atoms with Crippen molar-refractivity contribution in [1.29, 1.82) is 0 Å². The fourth-order valence-electron chi connectivity index (χ4n) is 1.52. The molecule has 2 heteroatoms. The smallest absolute Gasteiger partial charge is 0.126 e. The lowest BCUT2D eigenvalue weighted by Crippen LogP contribution is -2.06. The van der Waals surface area contributed by atoms with Gasteiger partial charge in [0.05, 0.1) is 0 Å². The molecule has 0 amide bonds. The second-order valence-electron chi connectivity index (χ2n) is 3.57. The van der Waals surface area contributed by atoms with Gasteiger partial charge in [0.15, 0.2) is 0 Å². The molecule has 1 fully saturated rings. The van der Waals surface area contributed by atoms with Crippen LogP contribution in [0.4, 0.5) is 4.39 Å². The van der Waals surface area contributed by atoms with Gasteiger partial charge in [0, 0.05) is 10.2 Å².